The van der Waals surface area contributed by atoms with Gasteiger partial charge in [-0.25, -0.2) is 9.78 Å². The predicted octanol–water partition coefficient (Wildman–Crippen LogP) is 3.58. The zero-order valence-corrected chi connectivity index (χ0v) is 14.1. The molecule has 2 aromatic rings. The zero-order chi connectivity index (χ0) is 18.6. The second kappa shape index (κ2) is 7.60. The third-order valence-corrected chi connectivity index (χ3v) is 3.66. The Kier molecular flexibility index (Phi) is 5.73. The molecular weight excluding hydrogens is 361 g/mol. The summed E-state index contributed by atoms with van der Waals surface area (Å²) in [5.41, 5.74) is 0.0536. The molecule has 0 aliphatic carbocycles. The van der Waals surface area contributed by atoms with Gasteiger partial charge < -0.3 is 9.47 Å². The van der Waals surface area contributed by atoms with E-state index in [1.54, 1.807) is 18.2 Å². The number of hydrogen-bond acceptors (Lipinski definition) is 4. The molecule has 0 unspecified atom stereocenters. The van der Waals surface area contributed by atoms with E-state index in [1.807, 2.05) is 0 Å². The standard InChI is InChI=1S/C16H14ClF3N2O3/c1-24-13-4-3-9(5-11(13)15(23)25-2)7-21-14-12(17)6-10(8-22-14)16(18,19)20/h3-6,8H,7H2,1-2H3,(H,21,22)/p+1. The third-order valence-electron chi connectivity index (χ3n) is 3.36. The Morgan fingerprint density at radius 2 is 2.00 bits per heavy atom. The smallest absolute Gasteiger partial charge is 0.419 e. The van der Waals surface area contributed by atoms with E-state index in [2.05, 4.69) is 15.0 Å². The minimum atomic E-state index is -4.48. The molecule has 1 aromatic carbocycles. The van der Waals surface area contributed by atoms with E-state index in [0.29, 0.717) is 11.3 Å². The van der Waals surface area contributed by atoms with E-state index >= 15 is 0 Å². The minimum Gasteiger partial charge on any atom is -0.496 e. The molecule has 5 nitrogen and oxygen atoms in total. The average molecular weight is 376 g/mol. The number of carbonyl (C=O) groups excluding carboxylic acids is 1. The largest absolute Gasteiger partial charge is 0.496 e. The number of aromatic amines is 1. The van der Waals surface area contributed by atoms with Crippen LogP contribution >= 0.6 is 11.6 Å². The lowest BCUT2D eigenvalue weighted by atomic mass is 10.1. The second-order valence-corrected chi connectivity index (χ2v) is 5.40. The van der Waals surface area contributed by atoms with E-state index in [1.165, 1.54) is 14.2 Å². The van der Waals surface area contributed by atoms with Gasteiger partial charge >= 0.3 is 12.1 Å². The number of anilines is 1. The van der Waals surface area contributed by atoms with Gasteiger partial charge in [0.25, 0.3) is 5.82 Å². The first-order valence-electron chi connectivity index (χ1n) is 7.03. The SMILES string of the molecule is COC(=O)c1cc(CNc2[nH+]cc(C(F)(F)F)cc2Cl)ccc1OC. The van der Waals surface area contributed by atoms with E-state index < -0.39 is 17.7 Å². The van der Waals surface area contributed by atoms with Crippen LogP contribution in [0.3, 0.4) is 0 Å². The van der Waals surface area contributed by atoms with E-state index in [4.69, 9.17) is 16.3 Å². The number of esters is 1. The summed E-state index contributed by atoms with van der Waals surface area (Å²) in [6.45, 7) is 0.218. The Hall–Kier alpha value is -2.48. The third kappa shape index (κ3) is 4.54. The van der Waals surface area contributed by atoms with Crippen LogP contribution in [0.5, 0.6) is 5.75 Å². The minimum absolute atomic E-state index is 0.100. The number of nitrogens with one attached hydrogen (secondary N) is 2. The van der Waals surface area contributed by atoms with Crippen molar-refractivity contribution in [1.82, 2.24) is 0 Å². The maximum Gasteiger partial charge on any atom is 0.419 e. The van der Waals surface area contributed by atoms with Crippen LogP contribution in [0.2, 0.25) is 5.02 Å². The highest BCUT2D eigenvalue weighted by Gasteiger charge is 2.32. The van der Waals surface area contributed by atoms with Gasteiger partial charge in [0.1, 0.15) is 29.1 Å². The molecule has 0 bridgehead atoms. The molecule has 0 amide bonds. The fourth-order valence-electron chi connectivity index (χ4n) is 2.09. The first kappa shape index (κ1) is 18.9. The molecule has 2 N–H and O–H groups in total. The van der Waals surface area contributed by atoms with Crippen molar-refractivity contribution in [3.63, 3.8) is 0 Å². The normalized spacial score (nSPS) is 11.1. The summed E-state index contributed by atoms with van der Waals surface area (Å²) >= 11 is 5.87. The summed E-state index contributed by atoms with van der Waals surface area (Å²) in [5.74, 6) is 0.0256. The molecule has 2 rings (SSSR count). The molecule has 0 fully saturated rings. The van der Waals surface area contributed by atoms with Gasteiger partial charge in [-0.15, -0.1) is 0 Å². The first-order chi connectivity index (χ1) is 11.8. The molecule has 1 heterocycles. The monoisotopic (exact) mass is 375 g/mol. The molecule has 0 saturated carbocycles. The van der Waals surface area contributed by atoms with Crippen molar-refractivity contribution in [3.8, 4) is 5.75 Å². The first-order valence-corrected chi connectivity index (χ1v) is 7.41. The number of aromatic nitrogens is 1. The predicted molar refractivity (Wildman–Crippen MR) is 84.7 cm³/mol. The molecule has 0 aliphatic rings. The van der Waals surface area contributed by atoms with Gasteiger partial charge in [-0.1, -0.05) is 17.7 Å². The van der Waals surface area contributed by atoms with Crippen molar-refractivity contribution in [2.45, 2.75) is 12.7 Å². The molecule has 0 aliphatic heterocycles. The van der Waals surface area contributed by atoms with Crippen LogP contribution in [0.15, 0.2) is 30.5 Å². The quantitative estimate of drug-likeness (QED) is 0.811. The Balaban J connectivity index is 2.18. The molecule has 1 aromatic heterocycles. The Labute approximate surface area is 146 Å². The van der Waals surface area contributed by atoms with Crippen LogP contribution in [0.1, 0.15) is 21.5 Å². The van der Waals surface area contributed by atoms with Crippen LogP contribution in [-0.2, 0) is 17.5 Å². The van der Waals surface area contributed by atoms with Crippen molar-refractivity contribution < 1.29 is 32.4 Å². The fourth-order valence-corrected chi connectivity index (χ4v) is 2.33. The highest BCUT2D eigenvalue weighted by Crippen LogP contribution is 2.31. The van der Waals surface area contributed by atoms with Crippen molar-refractivity contribution in [2.75, 3.05) is 19.5 Å². The number of ether oxygens (including phenoxy) is 2. The number of H-pyrrole nitrogens is 1. The van der Waals surface area contributed by atoms with Gasteiger partial charge in [0.15, 0.2) is 0 Å². The molecular formula is C16H15ClF3N2O3+. The van der Waals surface area contributed by atoms with Crippen molar-refractivity contribution >= 4 is 23.4 Å². The van der Waals surface area contributed by atoms with Crippen molar-refractivity contribution in [1.29, 1.82) is 0 Å². The van der Waals surface area contributed by atoms with Crippen LogP contribution in [-0.4, -0.2) is 20.2 Å². The topological polar surface area (TPSA) is 61.7 Å². The number of rotatable bonds is 5. The van der Waals surface area contributed by atoms with Gasteiger partial charge in [-0.3, -0.25) is 5.32 Å². The lowest BCUT2D eigenvalue weighted by molar-refractivity contribution is -0.364. The number of hydrogen-bond donors (Lipinski definition) is 1. The Morgan fingerprint density at radius 3 is 2.56 bits per heavy atom. The van der Waals surface area contributed by atoms with Gasteiger partial charge in [0.2, 0.25) is 0 Å². The zero-order valence-electron chi connectivity index (χ0n) is 13.3. The van der Waals surface area contributed by atoms with Crippen LogP contribution in [0, 0.1) is 0 Å². The maximum atomic E-state index is 12.6. The van der Waals surface area contributed by atoms with Gasteiger partial charge in [-0.2, -0.15) is 13.2 Å². The van der Waals surface area contributed by atoms with Gasteiger partial charge in [-0.05, 0) is 23.8 Å². The average Bonchev–Trinajstić information content (AvgIpc) is 2.58. The van der Waals surface area contributed by atoms with E-state index in [9.17, 15) is 18.0 Å². The van der Waals surface area contributed by atoms with Crippen molar-refractivity contribution in [2.24, 2.45) is 0 Å². The number of alkyl halides is 3. The number of methoxy groups -OCH3 is 2. The number of pyridine rings is 1. The molecule has 9 heteroatoms. The lowest BCUT2D eigenvalue weighted by Gasteiger charge is -2.09. The number of carbonyl (C=O) groups is 1. The highest BCUT2D eigenvalue weighted by atomic mass is 35.5. The number of halogens is 4. The van der Waals surface area contributed by atoms with E-state index in [0.717, 1.165) is 12.3 Å². The van der Waals surface area contributed by atoms with E-state index in [-0.39, 0.29) is 22.9 Å². The van der Waals surface area contributed by atoms with Gasteiger partial charge in [0, 0.05) is 0 Å². The molecule has 0 radical (unpaired) electrons. The summed E-state index contributed by atoms with van der Waals surface area (Å²) < 4.78 is 47.6. The summed E-state index contributed by atoms with van der Waals surface area (Å²) in [4.78, 5) is 14.2. The summed E-state index contributed by atoms with van der Waals surface area (Å²) in [7, 11) is 2.68. The molecule has 134 valence electrons. The molecule has 25 heavy (non-hydrogen) atoms. The molecule has 0 atom stereocenters. The second-order valence-electron chi connectivity index (χ2n) is 4.99. The number of benzene rings is 1. The summed E-state index contributed by atoms with van der Waals surface area (Å²) in [6.07, 6.45) is -3.66. The van der Waals surface area contributed by atoms with Crippen molar-refractivity contribution in [3.05, 3.63) is 52.2 Å². The Bertz CT molecular complexity index is 782. The van der Waals surface area contributed by atoms with Crippen LogP contribution in [0.4, 0.5) is 19.0 Å². The van der Waals surface area contributed by atoms with Gasteiger partial charge in [0.05, 0.1) is 19.8 Å². The van der Waals surface area contributed by atoms with Crippen LogP contribution in [0.25, 0.3) is 0 Å². The lowest BCUT2D eigenvalue weighted by Crippen LogP contribution is -2.17. The highest BCUT2D eigenvalue weighted by molar-refractivity contribution is 6.32. The molecule has 0 saturated heterocycles. The van der Waals surface area contributed by atoms with Crippen LogP contribution < -0.4 is 15.0 Å². The molecule has 0 spiro atoms. The summed E-state index contributed by atoms with van der Waals surface area (Å²) in [6, 6.07) is 5.70. The Morgan fingerprint density at radius 1 is 1.28 bits per heavy atom. The summed E-state index contributed by atoms with van der Waals surface area (Å²) in [5, 5.41) is 2.78. The fraction of sp³-hybridized carbons (Fsp3) is 0.250. The maximum absolute atomic E-state index is 12.6.